The van der Waals surface area contributed by atoms with E-state index in [1.807, 2.05) is 25.1 Å². The Morgan fingerprint density at radius 2 is 2.09 bits per heavy atom. The maximum absolute atomic E-state index is 14.0. The number of amides is 3. The molecule has 0 radical (unpaired) electrons. The van der Waals surface area contributed by atoms with Gasteiger partial charge in [0.15, 0.2) is 0 Å². The Morgan fingerprint density at radius 3 is 2.85 bits per heavy atom. The van der Waals surface area contributed by atoms with Crippen LogP contribution < -0.4 is 14.4 Å². The lowest BCUT2D eigenvalue weighted by molar-refractivity contribution is 0.0132. The molecule has 1 saturated carbocycles. The minimum atomic E-state index is -3.38. The van der Waals surface area contributed by atoms with Crippen LogP contribution in [0.5, 0.6) is 5.75 Å². The van der Waals surface area contributed by atoms with Crippen molar-refractivity contribution in [1.82, 2.24) is 9.62 Å². The number of carbonyl (C=O) groups is 2. The average molecular weight is 669 g/mol. The summed E-state index contributed by atoms with van der Waals surface area (Å²) in [7, 11) is -0.00563. The number of nitrogens with zero attached hydrogens (tertiary/aromatic N) is 3. The van der Waals surface area contributed by atoms with E-state index in [9.17, 15) is 13.8 Å². The number of urea groups is 1. The summed E-state index contributed by atoms with van der Waals surface area (Å²) in [5, 5.41) is 0.746. The summed E-state index contributed by atoms with van der Waals surface area (Å²) in [5.41, 5.74) is 3.47. The lowest BCUT2D eigenvalue weighted by Crippen LogP contribution is -2.49. The first kappa shape index (κ1) is 32.8. The highest BCUT2D eigenvalue weighted by Crippen LogP contribution is 2.47. The second kappa shape index (κ2) is 13.6. The summed E-state index contributed by atoms with van der Waals surface area (Å²) < 4.78 is 33.4. The summed E-state index contributed by atoms with van der Waals surface area (Å²) in [6.07, 6.45) is 10.5. The Hall–Kier alpha value is -3.08. The molecule has 11 heteroatoms. The van der Waals surface area contributed by atoms with Crippen molar-refractivity contribution in [3.63, 3.8) is 0 Å². The fourth-order valence-corrected chi connectivity index (χ4v) is 9.27. The van der Waals surface area contributed by atoms with Crippen LogP contribution in [0.2, 0.25) is 5.02 Å². The van der Waals surface area contributed by atoms with Gasteiger partial charge in [0.1, 0.15) is 15.7 Å². The van der Waals surface area contributed by atoms with Gasteiger partial charge in [0, 0.05) is 49.8 Å². The first-order chi connectivity index (χ1) is 22.1. The molecule has 0 saturated heterocycles. The molecule has 5 atom stereocenters. The van der Waals surface area contributed by atoms with Crippen LogP contribution in [0.25, 0.3) is 0 Å². The van der Waals surface area contributed by atoms with Crippen LogP contribution in [-0.4, -0.2) is 73.3 Å². The van der Waals surface area contributed by atoms with Crippen LogP contribution in [0.1, 0.15) is 66.9 Å². The molecule has 2 aliphatic heterocycles. The van der Waals surface area contributed by atoms with Gasteiger partial charge in [0.25, 0.3) is 5.91 Å². The molecule has 3 amide bonds. The lowest BCUT2D eigenvalue weighted by atomic mass is 9.68. The molecule has 2 aliphatic carbocycles. The van der Waals surface area contributed by atoms with E-state index in [0.717, 1.165) is 55.9 Å². The molecule has 1 fully saturated rings. The molecule has 9 nitrogen and oxygen atoms in total. The van der Waals surface area contributed by atoms with Gasteiger partial charge in [-0.15, -0.1) is 4.36 Å². The molecule has 2 aromatic rings. The number of allylic oxidation sites excluding steroid dienone is 1. The second-order valence-electron chi connectivity index (χ2n) is 13.2. The van der Waals surface area contributed by atoms with Crippen molar-refractivity contribution in [3.8, 4) is 5.75 Å². The van der Waals surface area contributed by atoms with Crippen LogP contribution in [-0.2, 0) is 26.5 Å². The van der Waals surface area contributed by atoms with Gasteiger partial charge in [0.2, 0.25) is 0 Å². The quantitative estimate of drug-likeness (QED) is 0.381. The summed E-state index contributed by atoms with van der Waals surface area (Å²) >= 11 is 6.43. The maximum atomic E-state index is 14.0. The number of benzene rings is 2. The number of carbonyl (C=O) groups excluding carboxylic acids is 2. The molecular weight excluding hydrogens is 624 g/mol. The minimum absolute atomic E-state index is 0.0271. The summed E-state index contributed by atoms with van der Waals surface area (Å²) in [6, 6.07) is 11.1. The third kappa shape index (κ3) is 6.66. The van der Waals surface area contributed by atoms with E-state index in [4.69, 9.17) is 21.1 Å². The fraction of sp³-hybridized carbons (Fsp3) is 0.543. The van der Waals surface area contributed by atoms with Crippen molar-refractivity contribution in [1.29, 1.82) is 0 Å². The Balaban J connectivity index is 1.43. The van der Waals surface area contributed by atoms with Gasteiger partial charge in [-0.3, -0.25) is 9.52 Å². The summed E-state index contributed by atoms with van der Waals surface area (Å²) in [5.74, 6) is 0.929. The van der Waals surface area contributed by atoms with Crippen molar-refractivity contribution in [2.24, 2.45) is 16.2 Å². The van der Waals surface area contributed by atoms with E-state index in [2.05, 4.69) is 38.3 Å². The lowest BCUT2D eigenvalue weighted by Gasteiger charge is -2.46. The zero-order valence-corrected chi connectivity index (χ0v) is 28.6. The smallest absolute Gasteiger partial charge is 0.329 e. The normalized spacial score (nSPS) is 30.0. The molecule has 4 aliphatic rings. The zero-order valence-electron chi connectivity index (χ0n) is 27.0. The van der Waals surface area contributed by atoms with Crippen LogP contribution in [0.4, 0.5) is 10.5 Å². The molecular formula is C35H45ClN4O5S. The third-order valence-corrected chi connectivity index (χ3v) is 12.4. The number of halogens is 1. The highest BCUT2D eigenvalue weighted by Gasteiger charge is 2.44. The number of rotatable bonds is 3. The topological polar surface area (TPSA) is 101 Å². The number of ether oxygens (including phenoxy) is 2. The predicted molar refractivity (Wildman–Crippen MR) is 182 cm³/mol. The predicted octanol–water partition coefficient (Wildman–Crippen LogP) is 6.39. The summed E-state index contributed by atoms with van der Waals surface area (Å²) in [6.45, 7) is 4.30. The SMILES string of the molecule is CCN(C)C(=O)N[S@]1(=O)=NC(=O)c2ccc3c(c2)N(C[C@@H]2CC[C@H]2[C@@H](OC)/C=C/CCC1)C[C@@]1(CCCc2cc(Cl)ccc21)CO3. The Bertz CT molecular complexity index is 1640. The van der Waals surface area contributed by atoms with Crippen LogP contribution >= 0.6 is 11.6 Å². The van der Waals surface area contributed by atoms with Crippen molar-refractivity contribution in [2.75, 3.05) is 51.1 Å². The molecule has 1 spiro atoms. The molecule has 1 N–H and O–H groups in total. The van der Waals surface area contributed by atoms with Crippen LogP contribution in [0.15, 0.2) is 52.9 Å². The molecule has 0 aromatic heterocycles. The highest BCUT2D eigenvalue weighted by molar-refractivity contribution is 7.92. The van der Waals surface area contributed by atoms with Crippen LogP contribution in [0, 0.1) is 11.8 Å². The number of hydrogen-bond donors (Lipinski definition) is 1. The van der Waals surface area contributed by atoms with E-state index in [1.165, 1.54) is 16.0 Å². The molecule has 0 unspecified atom stereocenters. The molecule has 2 heterocycles. The Kier molecular flexibility index (Phi) is 9.69. The number of methoxy groups -OCH3 is 1. The average Bonchev–Trinajstić information content (AvgIpc) is 3.18. The van der Waals surface area contributed by atoms with Crippen molar-refractivity contribution < 1.29 is 23.3 Å². The van der Waals surface area contributed by atoms with Crippen molar-refractivity contribution >= 4 is 39.1 Å². The first-order valence-electron chi connectivity index (χ1n) is 16.5. The Morgan fingerprint density at radius 1 is 1.24 bits per heavy atom. The first-order valence-corrected chi connectivity index (χ1v) is 18.5. The number of anilines is 1. The van der Waals surface area contributed by atoms with Gasteiger partial charge in [-0.05, 0) is 105 Å². The van der Waals surface area contributed by atoms with Gasteiger partial charge in [-0.1, -0.05) is 29.8 Å². The van der Waals surface area contributed by atoms with E-state index < -0.39 is 21.9 Å². The monoisotopic (exact) mass is 668 g/mol. The minimum Gasteiger partial charge on any atom is -0.490 e. The standard InChI is InChI=1S/C35H45ClN4O5S/c1-4-39(2)34(42)38-46(43)18-7-5-6-10-31(44-3)28-14-11-26(28)21-40-22-35(17-8-9-24-19-27(36)13-15-29(24)35)23-45-32-16-12-25(20-30(32)40)33(41)37-46/h6,10,12-13,15-16,19-20,26,28,31H,4-5,7-9,11,14,17-18,21-23H2,1-3H3,(H,37,38,41,42,43)/b10-6+/t26-,28+,31-,35-,46+/m0/s1. The van der Waals surface area contributed by atoms with E-state index in [1.54, 1.807) is 20.2 Å². The Labute approximate surface area is 278 Å². The number of fused-ring (bicyclic) bond motifs is 4. The largest absolute Gasteiger partial charge is 0.490 e. The van der Waals surface area contributed by atoms with Gasteiger partial charge >= 0.3 is 6.03 Å². The van der Waals surface area contributed by atoms with Crippen LogP contribution in [0.3, 0.4) is 0 Å². The number of hydrogen-bond acceptors (Lipinski definition) is 6. The maximum Gasteiger partial charge on any atom is 0.329 e. The van der Waals surface area contributed by atoms with E-state index >= 15 is 0 Å². The van der Waals surface area contributed by atoms with Gasteiger partial charge < -0.3 is 19.3 Å². The van der Waals surface area contributed by atoms with E-state index in [-0.39, 0.29) is 17.3 Å². The number of nitrogens with one attached hydrogen (secondary N) is 1. The molecule has 46 heavy (non-hydrogen) atoms. The van der Waals surface area contributed by atoms with Crippen molar-refractivity contribution in [3.05, 3.63) is 70.3 Å². The molecule has 248 valence electrons. The molecule has 6 rings (SSSR count). The molecule has 2 aromatic carbocycles. The fourth-order valence-electron chi connectivity index (χ4n) is 7.47. The van der Waals surface area contributed by atoms with Gasteiger partial charge in [-0.25, -0.2) is 9.00 Å². The molecule has 2 bridgehead atoms. The van der Waals surface area contributed by atoms with E-state index in [0.29, 0.717) is 49.1 Å². The van der Waals surface area contributed by atoms with Crippen molar-refractivity contribution in [2.45, 2.75) is 63.4 Å². The zero-order chi connectivity index (χ0) is 32.5. The second-order valence-corrected chi connectivity index (χ2v) is 15.7. The number of aryl methyl sites for hydroxylation is 1. The third-order valence-electron chi connectivity index (χ3n) is 10.3. The highest BCUT2D eigenvalue weighted by atomic mass is 35.5. The van der Waals surface area contributed by atoms with Gasteiger partial charge in [-0.2, -0.15) is 0 Å². The summed E-state index contributed by atoms with van der Waals surface area (Å²) in [4.78, 5) is 30.3. The van der Waals surface area contributed by atoms with Gasteiger partial charge in [0.05, 0.1) is 24.2 Å².